The van der Waals surface area contributed by atoms with E-state index in [0.717, 1.165) is 11.1 Å². The summed E-state index contributed by atoms with van der Waals surface area (Å²) in [5.41, 5.74) is 6.68. The lowest BCUT2D eigenvalue weighted by Crippen LogP contribution is -2.29. The van der Waals surface area contributed by atoms with E-state index in [-0.39, 0.29) is 18.0 Å². The first-order chi connectivity index (χ1) is 8.45. The standard InChI is InChI=1S/C10H15N5O2S/c1-7-9-5-8(18(16,17)13-4-3-11)6-12-10(9)15(2)14-7/h5-6,13H,3-4,11H2,1-2H3. The molecule has 0 radical (unpaired) electrons. The average molecular weight is 269 g/mol. The first-order valence-corrected chi connectivity index (χ1v) is 6.93. The summed E-state index contributed by atoms with van der Waals surface area (Å²) < 4.78 is 27.9. The van der Waals surface area contributed by atoms with Crippen molar-refractivity contribution in [3.63, 3.8) is 0 Å². The quantitative estimate of drug-likeness (QED) is 0.780. The maximum atomic E-state index is 11.9. The van der Waals surface area contributed by atoms with Gasteiger partial charge < -0.3 is 5.73 Å². The molecular weight excluding hydrogens is 254 g/mol. The van der Waals surface area contributed by atoms with E-state index in [9.17, 15) is 8.42 Å². The molecule has 0 unspecified atom stereocenters. The van der Waals surface area contributed by atoms with E-state index < -0.39 is 10.0 Å². The normalized spacial score (nSPS) is 12.2. The van der Waals surface area contributed by atoms with Crippen molar-refractivity contribution in [3.05, 3.63) is 18.0 Å². The summed E-state index contributed by atoms with van der Waals surface area (Å²) in [6, 6.07) is 1.57. The summed E-state index contributed by atoms with van der Waals surface area (Å²) in [6.07, 6.45) is 1.32. The third-order valence-corrected chi connectivity index (χ3v) is 4.01. The molecule has 0 saturated heterocycles. The van der Waals surface area contributed by atoms with Gasteiger partial charge in [0.1, 0.15) is 4.90 Å². The minimum atomic E-state index is -3.55. The highest BCUT2D eigenvalue weighted by atomic mass is 32.2. The van der Waals surface area contributed by atoms with Gasteiger partial charge in [-0.05, 0) is 13.0 Å². The first-order valence-electron chi connectivity index (χ1n) is 5.45. The van der Waals surface area contributed by atoms with E-state index in [0.29, 0.717) is 5.65 Å². The minimum Gasteiger partial charge on any atom is -0.329 e. The SMILES string of the molecule is Cc1nn(C)c2ncc(S(=O)(=O)NCCN)cc12. The van der Waals surface area contributed by atoms with Crippen LogP contribution >= 0.6 is 0 Å². The van der Waals surface area contributed by atoms with Crippen LogP contribution in [0, 0.1) is 6.92 Å². The minimum absolute atomic E-state index is 0.125. The average Bonchev–Trinajstić information content (AvgIpc) is 2.62. The van der Waals surface area contributed by atoms with Gasteiger partial charge in [-0.3, -0.25) is 4.68 Å². The second-order valence-corrected chi connectivity index (χ2v) is 5.70. The molecule has 0 aliphatic rings. The van der Waals surface area contributed by atoms with Gasteiger partial charge in [-0.15, -0.1) is 0 Å². The van der Waals surface area contributed by atoms with Crippen LogP contribution < -0.4 is 10.5 Å². The van der Waals surface area contributed by atoms with Crippen molar-refractivity contribution >= 4 is 21.1 Å². The van der Waals surface area contributed by atoms with Gasteiger partial charge in [-0.25, -0.2) is 18.1 Å². The monoisotopic (exact) mass is 269 g/mol. The van der Waals surface area contributed by atoms with Gasteiger partial charge in [0, 0.05) is 31.7 Å². The van der Waals surface area contributed by atoms with Crippen molar-refractivity contribution in [2.24, 2.45) is 12.8 Å². The number of rotatable bonds is 4. The topological polar surface area (TPSA) is 103 Å². The van der Waals surface area contributed by atoms with Gasteiger partial charge in [0.25, 0.3) is 0 Å². The lowest BCUT2D eigenvalue weighted by molar-refractivity contribution is 0.582. The lowest BCUT2D eigenvalue weighted by Gasteiger charge is -2.05. The molecule has 2 heterocycles. The Hall–Kier alpha value is -1.51. The van der Waals surface area contributed by atoms with Crippen LogP contribution in [0.5, 0.6) is 0 Å². The van der Waals surface area contributed by atoms with Crippen LogP contribution in [0.15, 0.2) is 17.2 Å². The fourth-order valence-electron chi connectivity index (χ4n) is 1.71. The van der Waals surface area contributed by atoms with Crippen molar-refractivity contribution < 1.29 is 8.42 Å². The van der Waals surface area contributed by atoms with Crippen LogP contribution in [0.3, 0.4) is 0 Å². The third kappa shape index (κ3) is 2.22. The molecule has 7 nitrogen and oxygen atoms in total. The Morgan fingerprint density at radius 3 is 2.89 bits per heavy atom. The molecule has 0 amide bonds. The largest absolute Gasteiger partial charge is 0.329 e. The van der Waals surface area contributed by atoms with Crippen LogP contribution in [0.2, 0.25) is 0 Å². The highest BCUT2D eigenvalue weighted by molar-refractivity contribution is 7.89. The van der Waals surface area contributed by atoms with E-state index >= 15 is 0 Å². The first kappa shape index (κ1) is 12.9. The molecule has 2 aromatic heterocycles. The van der Waals surface area contributed by atoms with Crippen LogP contribution in [0.1, 0.15) is 5.69 Å². The highest BCUT2D eigenvalue weighted by Crippen LogP contribution is 2.18. The lowest BCUT2D eigenvalue weighted by atomic mass is 10.3. The summed E-state index contributed by atoms with van der Waals surface area (Å²) in [5, 5.41) is 4.92. The number of fused-ring (bicyclic) bond motifs is 1. The molecule has 8 heteroatoms. The molecule has 0 aliphatic carbocycles. The maximum absolute atomic E-state index is 11.9. The number of aromatic nitrogens is 3. The molecule has 0 aliphatic heterocycles. The van der Waals surface area contributed by atoms with Gasteiger partial charge in [-0.1, -0.05) is 0 Å². The molecule has 2 aromatic rings. The fraction of sp³-hybridized carbons (Fsp3) is 0.400. The molecule has 98 valence electrons. The Kier molecular flexibility index (Phi) is 3.33. The van der Waals surface area contributed by atoms with Gasteiger partial charge in [-0.2, -0.15) is 5.10 Å². The van der Waals surface area contributed by atoms with E-state index in [2.05, 4.69) is 14.8 Å². The Labute approximate surface area is 105 Å². The summed E-state index contributed by atoms with van der Waals surface area (Å²) in [6.45, 7) is 2.26. The summed E-state index contributed by atoms with van der Waals surface area (Å²) >= 11 is 0. The second kappa shape index (κ2) is 4.63. The van der Waals surface area contributed by atoms with E-state index in [1.165, 1.54) is 6.20 Å². The molecule has 0 fully saturated rings. The summed E-state index contributed by atoms with van der Waals surface area (Å²) in [7, 11) is -1.78. The number of hydrogen-bond donors (Lipinski definition) is 2. The number of aryl methyl sites for hydroxylation is 2. The Bertz CT molecular complexity index is 677. The van der Waals surface area contributed by atoms with Crippen LogP contribution in [-0.2, 0) is 17.1 Å². The van der Waals surface area contributed by atoms with E-state index in [4.69, 9.17) is 5.73 Å². The van der Waals surface area contributed by atoms with Gasteiger partial charge in [0.15, 0.2) is 5.65 Å². The van der Waals surface area contributed by atoms with Crippen molar-refractivity contribution in [3.8, 4) is 0 Å². The van der Waals surface area contributed by atoms with Crippen molar-refractivity contribution in [1.82, 2.24) is 19.5 Å². The molecule has 0 spiro atoms. The number of nitrogens with zero attached hydrogens (tertiary/aromatic N) is 3. The Morgan fingerprint density at radius 2 is 2.22 bits per heavy atom. The number of hydrogen-bond acceptors (Lipinski definition) is 5. The predicted molar refractivity (Wildman–Crippen MR) is 67.5 cm³/mol. The highest BCUT2D eigenvalue weighted by Gasteiger charge is 2.16. The molecule has 2 rings (SSSR count). The predicted octanol–water partition coefficient (Wildman–Crippen LogP) is -0.486. The number of nitrogens with one attached hydrogen (secondary N) is 1. The summed E-state index contributed by atoms with van der Waals surface area (Å²) in [5.74, 6) is 0. The second-order valence-electron chi connectivity index (χ2n) is 3.94. The van der Waals surface area contributed by atoms with Gasteiger partial charge >= 0.3 is 0 Å². The molecule has 0 aromatic carbocycles. The maximum Gasteiger partial charge on any atom is 0.242 e. The molecule has 0 bridgehead atoms. The molecule has 3 N–H and O–H groups in total. The molecular formula is C10H15N5O2S. The smallest absolute Gasteiger partial charge is 0.242 e. The zero-order chi connectivity index (χ0) is 13.3. The van der Waals surface area contributed by atoms with Crippen molar-refractivity contribution in [2.75, 3.05) is 13.1 Å². The van der Waals surface area contributed by atoms with Crippen molar-refractivity contribution in [2.45, 2.75) is 11.8 Å². The third-order valence-electron chi connectivity index (χ3n) is 2.58. The molecule has 0 atom stereocenters. The van der Waals surface area contributed by atoms with Gasteiger partial charge in [0.2, 0.25) is 10.0 Å². The zero-order valence-corrected chi connectivity index (χ0v) is 11.0. The van der Waals surface area contributed by atoms with E-state index in [1.807, 2.05) is 6.92 Å². The number of pyridine rings is 1. The van der Waals surface area contributed by atoms with Gasteiger partial charge in [0.05, 0.1) is 5.69 Å². The Morgan fingerprint density at radius 1 is 1.50 bits per heavy atom. The van der Waals surface area contributed by atoms with Crippen LogP contribution in [-0.4, -0.2) is 36.3 Å². The number of sulfonamides is 1. The molecule has 0 saturated carbocycles. The Balaban J connectivity index is 2.50. The van der Waals surface area contributed by atoms with Crippen LogP contribution in [0.25, 0.3) is 11.0 Å². The van der Waals surface area contributed by atoms with Crippen molar-refractivity contribution in [1.29, 1.82) is 0 Å². The zero-order valence-electron chi connectivity index (χ0n) is 10.2. The number of nitrogens with two attached hydrogens (primary N) is 1. The summed E-state index contributed by atoms with van der Waals surface area (Å²) in [4.78, 5) is 4.25. The molecule has 18 heavy (non-hydrogen) atoms. The van der Waals surface area contributed by atoms with E-state index in [1.54, 1.807) is 17.8 Å². The van der Waals surface area contributed by atoms with Crippen LogP contribution in [0.4, 0.5) is 0 Å². The fourth-order valence-corrected chi connectivity index (χ4v) is 2.73.